The molecule has 0 unspecified atom stereocenters. The quantitative estimate of drug-likeness (QED) is 0.742. The van der Waals surface area contributed by atoms with Crippen LogP contribution < -0.4 is 20.1 Å². The number of rotatable bonds is 6. The summed E-state index contributed by atoms with van der Waals surface area (Å²) >= 11 is 0. The van der Waals surface area contributed by atoms with E-state index in [-0.39, 0.29) is 30.3 Å². The Morgan fingerprint density at radius 1 is 0.839 bits per heavy atom. The van der Waals surface area contributed by atoms with E-state index in [1.165, 1.54) is 0 Å². The van der Waals surface area contributed by atoms with Crippen LogP contribution in [0.15, 0.2) is 48.5 Å². The monoisotopic (exact) mass is 426 g/mol. The lowest BCUT2D eigenvalue weighted by molar-refractivity contribution is -0.150. The molecular weight excluding hydrogens is 396 g/mol. The average molecular weight is 427 g/mol. The zero-order chi connectivity index (χ0) is 22.0. The maximum atomic E-state index is 12.7. The highest BCUT2D eigenvalue weighted by atomic mass is 16.8. The third-order valence-electron chi connectivity index (χ3n) is 5.77. The van der Waals surface area contributed by atoms with E-state index in [1.807, 2.05) is 62.4 Å². The van der Waals surface area contributed by atoms with Gasteiger partial charge in [-0.15, -0.1) is 0 Å². The highest BCUT2D eigenvalue weighted by Crippen LogP contribution is 2.35. The third-order valence-corrected chi connectivity index (χ3v) is 5.77. The summed E-state index contributed by atoms with van der Waals surface area (Å²) in [5, 5.41) is 6.18. The number of nitrogens with one attached hydrogen (secondary N) is 2. The minimum absolute atomic E-state index is 0.222. The minimum Gasteiger partial charge on any atom is -0.497 e. The van der Waals surface area contributed by atoms with Crippen molar-refractivity contribution in [2.45, 2.75) is 56.8 Å². The molecule has 31 heavy (non-hydrogen) atoms. The van der Waals surface area contributed by atoms with Crippen LogP contribution in [-0.4, -0.2) is 50.3 Å². The first-order chi connectivity index (χ1) is 14.9. The van der Waals surface area contributed by atoms with Gasteiger partial charge in [0.05, 0.1) is 26.3 Å². The second-order valence-electron chi connectivity index (χ2n) is 8.51. The van der Waals surface area contributed by atoms with Gasteiger partial charge in [0.15, 0.2) is 5.79 Å². The van der Waals surface area contributed by atoms with Gasteiger partial charge in [0.25, 0.3) is 0 Å². The summed E-state index contributed by atoms with van der Waals surface area (Å²) in [7, 11) is 3.29. The summed E-state index contributed by atoms with van der Waals surface area (Å²) in [6.07, 6.45) is 0.625. The van der Waals surface area contributed by atoms with E-state index in [0.29, 0.717) is 12.8 Å². The summed E-state index contributed by atoms with van der Waals surface area (Å²) in [4.78, 5) is 12.7. The molecule has 7 nitrogen and oxygen atoms in total. The molecule has 2 fully saturated rings. The van der Waals surface area contributed by atoms with Crippen molar-refractivity contribution in [3.8, 4) is 11.5 Å². The zero-order valence-electron chi connectivity index (χ0n) is 18.4. The summed E-state index contributed by atoms with van der Waals surface area (Å²) in [5.74, 6) is 0.831. The fourth-order valence-electron chi connectivity index (χ4n) is 4.42. The van der Waals surface area contributed by atoms with Crippen molar-refractivity contribution >= 4 is 6.03 Å². The number of benzene rings is 2. The largest absolute Gasteiger partial charge is 0.497 e. The molecule has 2 aliphatic rings. The number of ether oxygens (including phenoxy) is 4. The summed E-state index contributed by atoms with van der Waals surface area (Å²) < 4.78 is 23.3. The van der Waals surface area contributed by atoms with E-state index in [9.17, 15) is 4.79 Å². The van der Waals surface area contributed by atoms with E-state index in [4.69, 9.17) is 18.9 Å². The Morgan fingerprint density at radius 2 is 1.29 bits per heavy atom. The molecular formula is C24H30N2O5. The first-order valence-corrected chi connectivity index (χ1v) is 10.6. The van der Waals surface area contributed by atoms with Gasteiger partial charge in [0.2, 0.25) is 0 Å². The second-order valence-corrected chi connectivity index (χ2v) is 8.51. The molecule has 0 spiro atoms. The van der Waals surface area contributed by atoms with Gasteiger partial charge < -0.3 is 29.6 Å². The number of hydrogen-bond acceptors (Lipinski definition) is 5. The number of urea groups is 1. The fraction of sp³-hybridized carbons (Fsp3) is 0.458. The van der Waals surface area contributed by atoms with Gasteiger partial charge in [-0.3, -0.25) is 0 Å². The third kappa shape index (κ3) is 4.94. The molecule has 2 saturated heterocycles. The van der Waals surface area contributed by atoms with Crippen molar-refractivity contribution in [1.82, 2.24) is 10.6 Å². The minimum atomic E-state index is -0.738. The number of fused-ring (bicyclic) bond motifs is 1. The maximum absolute atomic E-state index is 12.7. The molecule has 2 aliphatic heterocycles. The molecule has 166 valence electrons. The van der Waals surface area contributed by atoms with Crippen LogP contribution in [0.2, 0.25) is 0 Å². The lowest BCUT2D eigenvalue weighted by Crippen LogP contribution is -2.47. The highest BCUT2D eigenvalue weighted by molar-refractivity contribution is 5.75. The summed E-state index contributed by atoms with van der Waals surface area (Å²) in [6, 6.07) is 15.0. The molecule has 2 N–H and O–H groups in total. The van der Waals surface area contributed by atoms with Crippen LogP contribution in [0.5, 0.6) is 11.5 Å². The number of hydrogen-bond donors (Lipinski definition) is 2. The molecule has 2 heterocycles. The Hall–Kier alpha value is -2.77. The van der Waals surface area contributed by atoms with Crippen LogP contribution in [0.25, 0.3) is 0 Å². The van der Waals surface area contributed by atoms with Crippen LogP contribution in [-0.2, 0) is 22.3 Å². The van der Waals surface area contributed by atoms with Gasteiger partial charge in [-0.25, -0.2) is 4.79 Å². The molecule has 0 bridgehead atoms. The lowest BCUT2D eigenvalue weighted by atomic mass is 9.92. The van der Waals surface area contributed by atoms with Crippen LogP contribution >= 0.6 is 0 Å². The Bertz CT molecular complexity index is 860. The van der Waals surface area contributed by atoms with Crippen LogP contribution in [0.1, 0.15) is 25.0 Å². The Morgan fingerprint density at radius 3 is 1.71 bits per heavy atom. The highest BCUT2D eigenvalue weighted by Gasteiger charge is 2.50. The SMILES string of the molecule is COc1cccc(C[C@H]2NC(=O)N[C@H](Cc3cccc(OC)c3)[C@@H]3OC(C)(C)O[C@H]32)c1. The molecule has 0 aliphatic carbocycles. The van der Waals surface area contributed by atoms with E-state index in [0.717, 1.165) is 22.6 Å². The van der Waals surface area contributed by atoms with Gasteiger partial charge in [-0.05, 0) is 62.1 Å². The molecule has 2 aromatic carbocycles. The predicted octanol–water partition coefficient (Wildman–Crippen LogP) is 3.06. The fourth-order valence-corrected chi connectivity index (χ4v) is 4.42. The predicted molar refractivity (Wildman–Crippen MR) is 116 cm³/mol. The second kappa shape index (κ2) is 8.77. The van der Waals surface area contributed by atoms with E-state index in [1.54, 1.807) is 14.2 Å². The van der Waals surface area contributed by atoms with E-state index in [2.05, 4.69) is 10.6 Å². The molecule has 2 amide bonds. The summed E-state index contributed by atoms with van der Waals surface area (Å²) in [5.41, 5.74) is 2.12. The first-order valence-electron chi connectivity index (χ1n) is 10.6. The Balaban J connectivity index is 1.59. The van der Waals surface area contributed by atoms with E-state index >= 15 is 0 Å². The Kier molecular flexibility index (Phi) is 6.07. The lowest BCUT2D eigenvalue weighted by Gasteiger charge is -2.26. The van der Waals surface area contributed by atoms with Crippen molar-refractivity contribution in [3.63, 3.8) is 0 Å². The van der Waals surface area contributed by atoms with Crippen LogP contribution in [0.3, 0.4) is 0 Å². The smallest absolute Gasteiger partial charge is 0.315 e. The normalized spacial score (nSPS) is 26.9. The average Bonchev–Trinajstić information content (AvgIpc) is 3.03. The molecule has 0 saturated carbocycles. The van der Waals surface area contributed by atoms with Gasteiger partial charge in [0.1, 0.15) is 23.7 Å². The first kappa shape index (κ1) is 21.5. The van der Waals surface area contributed by atoms with Gasteiger partial charge in [-0.1, -0.05) is 24.3 Å². The number of carbonyl (C=O) groups is 1. The topological polar surface area (TPSA) is 78.1 Å². The number of methoxy groups -OCH3 is 2. The van der Waals surface area contributed by atoms with Gasteiger partial charge in [-0.2, -0.15) is 0 Å². The van der Waals surface area contributed by atoms with Crippen molar-refractivity contribution in [1.29, 1.82) is 0 Å². The van der Waals surface area contributed by atoms with Crippen molar-refractivity contribution < 1.29 is 23.7 Å². The molecule has 7 heteroatoms. The van der Waals surface area contributed by atoms with Crippen molar-refractivity contribution in [2.75, 3.05) is 14.2 Å². The molecule has 0 aromatic heterocycles. The van der Waals surface area contributed by atoms with Gasteiger partial charge >= 0.3 is 6.03 Å². The van der Waals surface area contributed by atoms with E-state index < -0.39 is 5.79 Å². The number of amides is 2. The maximum Gasteiger partial charge on any atom is 0.315 e. The molecule has 4 rings (SSSR count). The Labute approximate surface area is 183 Å². The van der Waals surface area contributed by atoms with Gasteiger partial charge in [0, 0.05) is 0 Å². The molecule has 2 aromatic rings. The standard InChI is InChI=1S/C24H30N2O5/c1-24(2)30-21-19(13-15-7-5-9-17(11-15)28-3)25-23(27)26-20(22(21)31-24)14-16-8-6-10-18(12-16)29-4/h5-12,19-22H,13-14H2,1-4H3,(H2,25,26,27)/t19-,20-,21+,22+/m1/s1. The van der Waals surface area contributed by atoms with Crippen molar-refractivity contribution in [2.24, 2.45) is 0 Å². The van der Waals surface area contributed by atoms with Crippen molar-refractivity contribution in [3.05, 3.63) is 59.7 Å². The molecule has 0 radical (unpaired) electrons. The van der Waals surface area contributed by atoms with Crippen LogP contribution in [0.4, 0.5) is 4.79 Å². The number of carbonyl (C=O) groups excluding carboxylic acids is 1. The molecule has 4 atom stereocenters. The van der Waals surface area contributed by atoms with Crippen LogP contribution in [0, 0.1) is 0 Å². The summed E-state index contributed by atoms with van der Waals surface area (Å²) in [6.45, 7) is 3.82. The zero-order valence-corrected chi connectivity index (χ0v) is 18.4.